The number of nitrogens with zero attached hydrogens (tertiary/aromatic N) is 1. The van der Waals surface area contributed by atoms with E-state index in [1.807, 2.05) is 13.8 Å². The number of benzene rings is 2. The second kappa shape index (κ2) is 13.0. The van der Waals surface area contributed by atoms with Crippen molar-refractivity contribution >= 4 is 23.6 Å². The first-order valence-electron chi connectivity index (χ1n) is 12.4. The Morgan fingerprint density at radius 1 is 1.05 bits per heavy atom. The lowest BCUT2D eigenvalue weighted by Crippen LogP contribution is -2.52. The standard InChI is InChI=1S/C28H39N3O6/c1-8-31(26(34)23(16-18(2)3)30-27(35)37-28(4,5)6)24(19-10-9-11-21(32)17-19)25(33)29-20-12-14-22(36-7)15-13-20/h9-15,17-18,23-24,32H,8,16H2,1-7H3,(H,29,33)(H,30,35). The van der Waals surface area contributed by atoms with Gasteiger partial charge in [-0.2, -0.15) is 0 Å². The number of rotatable bonds is 10. The third-order valence-corrected chi connectivity index (χ3v) is 5.42. The van der Waals surface area contributed by atoms with Gasteiger partial charge in [0, 0.05) is 12.2 Å². The molecular formula is C28H39N3O6. The average molecular weight is 514 g/mol. The monoisotopic (exact) mass is 513 g/mol. The molecule has 0 fully saturated rings. The number of hydrogen-bond acceptors (Lipinski definition) is 6. The second-order valence-corrected chi connectivity index (χ2v) is 10.2. The zero-order chi connectivity index (χ0) is 27.8. The van der Waals surface area contributed by atoms with Crippen LogP contribution in [0.15, 0.2) is 48.5 Å². The number of anilines is 1. The summed E-state index contributed by atoms with van der Waals surface area (Å²) in [6.45, 7) is 11.0. The number of nitrogens with one attached hydrogen (secondary N) is 2. The van der Waals surface area contributed by atoms with Gasteiger partial charge in [0.2, 0.25) is 5.91 Å². The molecule has 2 aromatic carbocycles. The van der Waals surface area contributed by atoms with Crippen molar-refractivity contribution in [1.29, 1.82) is 0 Å². The van der Waals surface area contributed by atoms with Gasteiger partial charge in [0.15, 0.2) is 0 Å². The molecule has 2 aromatic rings. The van der Waals surface area contributed by atoms with Crippen LogP contribution in [0.2, 0.25) is 0 Å². The fourth-order valence-corrected chi connectivity index (χ4v) is 3.86. The van der Waals surface area contributed by atoms with Gasteiger partial charge >= 0.3 is 6.09 Å². The van der Waals surface area contributed by atoms with Crippen molar-refractivity contribution < 1.29 is 29.0 Å². The van der Waals surface area contributed by atoms with Gasteiger partial charge < -0.3 is 30.1 Å². The minimum atomic E-state index is -1.07. The molecule has 2 unspecified atom stereocenters. The molecule has 3 amide bonds. The molecule has 9 heteroatoms. The van der Waals surface area contributed by atoms with Gasteiger partial charge in [0.05, 0.1) is 7.11 Å². The van der Waals surface area contributed by atoms with Crippen LogP contribution < -0.4 is 15.4 Å². The molecule has 0 aromatic heterocycles. The largest absolute Gasteiger partial charge is 0.508 e. The summed E-state index contributed by atoms with van der Waals surface area (Å²) in [5.74, 6) is -0.215. The quantitative estimate of drug-likeness (QED) is 0.417. The first kappa shape index (κ1) is 29.5. The Morgan fingerprint density at radius 2 is 1.70 bits per heavy atom. The fraction of sp³-hybridized carbons (Fsp3) is 0.464. The number of carbonyl (C=O) groups excluding carboxylic acids is 3. The smallest absolute Gasteiger partial charge is 0.408 e. The van der Waals surface area contributed by atoms with Crippen LogP contribution in [0.4, 0.5) is 10.5 Å². The third-order valence-electron chi connectivity index (χ3n) is 5.42. The number of phenols is 1. The molecule has 0 radical (unpaired) electrons. The maximum atomic E-state index is 13.8. The molecule has 0 saturated heterocycles. The molecule has 202 valence electrons. The van der Waals surface area contributed by atoms with Crippen LogP contribution >= 0.6 is 0 Å². The molecule has 0 bridgehead atoms. The molecule has 0 saturated carbocycles. The van der Waals surface area contributed by atoms with Crippen molar-refractivity contribution in [3.05, 3.63) is 54.1 Å². The molecular weight excluding hydrogens is 474 g/mol. The van der Waals surface area contributed by atoms with Gasteiger partial charge in [-0.15, -0.1) is 0 Å². The van der Waals surface area contributed by atoms with Crippen LogP contribution in [0.1, 0.15) is 59.6 Å². The maximum absolute atomic E-state index is 13.8. The third kappa shape index (κ3) is 9.00. The Balaban J connectivity index is 2.43. The van der Waals surface area contributed by atoms with E-state index in [4.69, 9.17) is 9.47 Å². The summed E-state index contributed by atoms with van der Waals surface area (Å²) in [7, 11) is 1.55. The zero-order valence-corrected chi connectivity index (χ0v) is 22.7. The zero-order valence-electron chi connectivity index (χ0n) is 22.7. The van der Waals surface area contributed by atoms with E-state index in [1.165, 1.54) is 17.0 Å². The van der Waals surface area contributed by atoms with Crippen molar-refractivity contribution in [2.45, 2.75) is 65.6 Å². The summed E-state index contributed by atoms with van der Waals surface area (Å²) >= 11 is 0. The Bertz CT molecular complexity index is 1060. The van der Waals surface area contributed by atoms with Gasteiger partial charge in [0.1, 0.15) is 29.2 Å². The van der Waals surface area contributed by atoms with Gasteiger partial charge in [0.25, 0.3) is 5.91 Å². The van der Waals surface area contributed by atoms with Crippen LogP contribution in [0.25, 0.3) is 0 Å². The average Bonchev–Trinajstić information content (AvgIpc) is 2.80. The molecule has 2 rings (SSSR count). The summed E-state index contributed by atoms with van der Waals surface area (Å²) in [6, 6.07) is 11.1. The summed E-state index contributed by atoms with van der Waals surface area (Å²) in [5.41, 5.74) is 0.217. The number of alkyl carbamates (subject to hydrolysis) is 1. The summed E-state index contributed by atoms with van der Waals surface area (Å²) < 4.78 is 10.5. The Hall–Kier alpha value is -3.75. The Morgan fingerprint density at radius 3 is 2.22 bits per heavy atom. The summed E-state index contributed by atoms with van der Waals surface area (Å²) in [6.07, 6.45) is -0.360. The molecule has 0 aliphatic heterocycles. The van der Waals surface area contributed by atoms with Crippen LogP contribution in [0, 0.1) is 5.92 Å². The SMILES string of the molecule is CCN(C(=O)C(CC(C)C)NC(=O)OC(C)(C)C)C(C(=O)Nc1ccc(OC)cc1)c1cccc(O)c1. The van der Waals surface area contributed by atoms with E-state index >= 15 is 0 Å². The molecule has 0 heterocycles. The van der Waals surface area contributed by atoms with Crippen LogP contribution in [0.5, 0.6) is 11.5 Å². The van der Waals surface area contributed by atoms with Crippen LogP contribution in [-0.4, -0.2) is 53.2 Å². The minimum absolute atomic E-state index is 0.0335. The van der Waals surface area contributed by atoms with E-state index in [0.717, 1.165) is 0 Å². The Kier molecular flexibility index (Phi) is 10.3. The maximum Gasteiger partial charge on any atom is 0.408 e. The fourth-order valence-electron chi connectivity index (χ4n) is 3.86. The Labute approximate surface area is 219 Å². The molecule has 37 heavy (non-hydrogen) atoms. The first-order valence-corrected chi connectivity index (χ1v) is 12.4. The highest BCUT2D eigenvalue weighted by Gasteiger charge is 2.36. The van der Waals surface area contributed by atoms with Crippen LogP contribution in [0.3, 0.4) is 0 Å². The topological polar surface area (TPSA) is 117 Å². The lowest BCUT2D eigenvalue weighted by Gasteiger charge is -2.34. The number of methoxy groups -OCH3 is 1. The first-order chi connectivity index (χ1) is 17.3. The molecule has 0 aliphatic carbocycles. The molecule has 2 atom stereocenters. The highest BCUT2D eigenvalue weighted by molar-refractivity contribution is 5.99. The van der Waals surface area contributed by atoms with Crippen LogP contribution in [-0.2, 0) is 14.3 Å². The number of hydrogen-bond donors (Lipinski definition) is 3. The predicted molar refractivity (Wildman–Crippen MR) is 142 cm³/mol. The lowest BCUT2D eigenvalue weighted by molar-refractivity contribution is -0.140. The second-order valence-electron chi connectivity index (χ2n) is 10.2. The van der Waals surface area contributed by atoms with E-state index in [2.05, 4.69) is 10.6 Å². The lowest BCUT2D eigenvalue weighted by atomic mass is 9.99. The van der Waals surface area contributed by atoms with E-state index < -0.39 is 35.6 Å². The summed E-state index contributed by atoms with van der Waals surface area (Å²) in [4.78, 5) is 41.4. The molecule has 9 nitrogen and oxygen atoms in total. The van der Waals surface area contributed by atoms with Gasteiger partial charge in [-0.1, -0.05) is 26.0 Å². The number of likely N-dealkylation sites (N-methyl/N-ethyl adjacent to an activating group) is 1. The number of phenolic OH excluding ortho intramolecular Hbond substituents is 1. The van der Waals surface area contributed by atoms with Gasteiger partial charge in [-0.3, -0.25) is 9.59 Å². The highest BCUT2D eigenvalue weighted by Crippen LogP contribution is 2.28. The predicted octanol–water partition coefficient (Wildman–Crippen LogP) is 4.87. The van der Waals surface area contributed by atoms with E-state index in [9.17, 15) is 19.5 Å². The minimum Gasteiger partial charge on any atom is -0.508 e. The van der Waals surface area contributed by atoms with Crippen molar-refractivity contribution in [2.75, 3.05) is 19.0 Å². The number of carbonyl (C=O) groups is 3. The normalized spacial score (nSPS) is 12.9. The van der Waals surface area contributed by atoms with Crippen molar-refractivity contribution in [1.82, 2.24) is 10.2 Å². The van der Waals surface area contributed by atoms with Crippen molar-refractivity contribution in [2.24, 2.45) is 5.92 Å². The number of aromatic hydroxyl groups is 1. The molecule has 0 aliphatic rings. The van der Waals surface area contributed by atoms with Gasteiger partial charge in [-0.25, -0.2) is 4.79 Å². The highest BCUT2D eigenvalue weighted by atomic mass is 16.6. The van der Waals surface area contributed by atoms with E-state index in [1.54, 1.807) is 71.2 Å². The van der Waals surface area contributed by atoms with Crippen molar-refractivity contribution in [3.8, 4) is 11.5 Å². The molecule has 0 spiro atoms. The number of ether oxygens (including phenoxy) is 2. The van der Waals surface area contributed by atoms with E-state index in [-0.39, 0.29) is 18.2 Å². The van der Waals surface area contributed by atoms with Gasteiger partial charge in [-0.05, 0) is 82.0 Å². The number of amides is 3. The van der Waals surface area contributed by atoms with Crippen molar-refractivity contribution in [3.63, 3.8) is 0 Å². The van der Waals surface area contributed by atoms with E-state index in [0.29, 0.717) is 23.4 Å². The molecule has 3 N–H and O–H groups in total. The summed E-state index contributed by atoms with van der Waals surface area (Å²) in [5, 5.41) is 15.7.